The molecule has 2 aromatic carbocycles. The molecule has 37 heavy (non-hydrogen) atoms. The summed E-state index contributed by atoms with van der Waals surface area (Å²) in [5.74, 6) is 0.574. The molecule has 7 nitrogen and oxygen atoms in total. The molecular weight excluding hydrogens is 599 g/mol. The summed E-state index contributed by atoms with van der Waals surface area (Å²) >= 11 is 2.25. The molecule has 0 fully saturated rings. The van der Waals surface area contributed by atoms with Gasteiger partial charge in [0, 0.05) is 54.2 Å². The third-order valence-electron chi connectivity index (χ3n) is 6.38. The number of nitrogens with one attached hydrogen (secondary N) is 1. The van der Waals surface area contributed by atoms with Crippen molar-refractivity contribution in [2.45, 2.75) is 46.3 Å². The highest BCUT2D eigenvalue weighted by Crippen LogP contribution is 2.36. The lowest BCUT2D eigenvalue weighted by molar-refractivity contribution is 0.00688. The van der Waals surface area contributed by atoms with Crippen LogP contribution in [0.1, 0.15) is 47.8 Å². The van der Waals surface area contributed by atoms with Gasteiger partial charge in [0.1, 0.15) is 16.9 Å². The van der Waals surface area contributed by atoms with Crippen LogP contribution in [0.4, 0.5) is 0 Å². The average Bonchev–Trinajstić information content (AvgIpc) is 3.25. The average molecular weight is 629 g/mol. The summed E-state index contributed by atoms with van der Waals surface area (Å²) < 4.78 is 13.3. The summed E-state index contributed by atoms with van der Waals surface area (Å²) in [7, 11) is 3.26. The number of benzene rings is 2. The van der Waals surface area contributed by atoms with Crippen molar-refractivity contribution >= 4 is 47.5 Å². The van der Waals surface area contributed by atoms with E-state index >= 15 is 0 Å². The van der Waals surface area contributed by atoms with Gasteiger partial charge in [-0.05, 0) is 81.1 Å². The summed E-state index contributed by atoms with van der Waals surface area (Å²) in [5.41, 5.74) is 8.65. The quantitative estimate of drug-likeness (QED) is 0.199. The monoisotopic (exact) mass is 628 g/mol. The van der Waals surface area contributed by atoms with Crippen LogP contribution >= 0.6 is 30.3 Å². The molecule has 0 spiro atoms. The van der Waals surface area contributed by atoms with Gasteiger partial charge in [-0.25, -0.2) is 14.8 Å². The van der Waals surface area contributed by atoms with Crippen LogP contribution in [0.15, 0.2) is 42.7 Å². The molecule has 192 valence electrons. The van der Waals surface area contributed by atoms with E-state index in [0.29, 0.717) is 5.56 Å². The summed E-state index contributed by atoms with van der Waals surface area (Å²) in [6.45, 7) is 9.30. The molecule has 1 aliphatic rings. The van der Waals surface area contributed by atoms with Crippen LogP contribution < -0.4 is 10.1 Å². The standard InChI is InChI=1S/C28H29IN4O3S/c1-16-10-17(6-7-20(16)27(34)36-28(2,3)4)22-15-33(37-29)26-25(22)32-23(14-31-26)18-11-19-13-30-9-8-21(19)24(12-18)35-5/h6-7,10-12,14-15,30H,8-9,13H2,1-5H3. The molecule has 4 aromatic rings. The van der Waals surface area contributed by atoms with E-state index in [4.69, 9.17) is 19.4 Å². The summed E-state index contributed by atoms with van der Waals surface area (Å²) in [6.07, 6.45) is 4.82. The summed E-state index contributed by atoms with van der Waals surface area (Å²) in [4.78, 5) is 22.6. The molecule has 0 atom stereocenters. The first-order valence-electron chi connectivity index (χ1n) is 12.1. The molecule has 0 aliphatic carbocycles. The van der Waals surface area contributed by atoms with Gasteiger partial charge >= 0.3 is 5.97 Å². The zero-order chi connectivity index (χ0) is 26.3. The number of nitrogens with zero attached hydrogens (tertiary/aromatic N) is 3. The van der Waals surface area contributed by atoms with E-state index in [1.807, 2.05) is 62.3 Å². The van der Waals surface area contributed by atoms with E-state index < -0.39 is 5.60 Å². The second-order valence-electron chi connectivity index (χ2n) is 10.1. The van der Waals surface area contributed by atoms with Crippen LogP contribution in [0.3, 0.4) is 0 Å². The molecule has 0 unspecified atom stereocenters. The third-order valence-corrected chi connectivity index (χ3v) is 8.08. The number of halogens is 1. The molecule has 0 saturated carbocycles. The normalized spacial score (nSPS) is 13.5. The molecule has 0 saturated heterocycles. The van der Waals surface area contributed by atoms with Crippen molar-refractivity contribution in [3.05, 3.63) is 65.0 Å². The second kappa shape index (κ2) is 10.3. The van der Waals surface area contributed by atoms with Gasteiger partial charge in [-0.15, -0.1) is 0 Å². The molecule has 0 radical (unpaired) electrons. The Balaban J connectivity index is 1.59. The highest BCUT2D eigenvalue weighted by molar-refractivity contribution is 14.2. The number of aryl methyl sites for hydroxylation is 1. The first kappa shape index (κ1) is 26.0. The first-order valence-corrected chi connectivity index (χ1v) is 15.4. The zero-order valence-corrected chi connectivity index (χ0v) is 24.5. The summed E-state index contributed by atoms with van der Waals surface area (Å²) in [6, 6.07) is 10.0. The molecule has 1 N–H and O–H groups in total. The van der Waals surface area contributed by atoms with Gasteiger partial charge in [0.05, 0.1) is 24.6 Å². The van der Waals surface area contributed by atoms with E-state index in [9.17, 15) is 4.79 Å². The number of methoxy groups -OCH3 is 1. The van der Waals surface area contributed by atoms with Crippen LogP contribution in [0.2, 0.25) is 0 Å². The molecule has 1 aliphatic heterocycles. The SMILES string of the molecule is COc1cc(-c2cnc3c(n2)c(-c2ccc(C(=O)OC(C)(C)C)c(C)c2)cn3SI)cc2c1CCNC2. The van der Waals surface area contributed by atoms with Crippen molar-refractivity contribution in [1.29, 1.82) is 0 Å². The van der Waals surface area contributed by atoms with E-state index in [0.717, 1.165) is 64.4 Å². The van der Waals surface area contributed by atoms with Gasteiger partial charge in [-0.3, -0.25) is 3.97 Å². The number of fused-ring (bicyclic) bond motifs is 2. The van der Waals surface area contributed by atoms with E-state index in [1.165, 1.54) is 11.1 Å². The molecule has 5 rings (SSSR count). The third kappa shape index (κ3) is 5.21. The van der Waals surface area contributed by atoms with Crippen LogP contribution in [-0.4, -0.2) is 39.2 Å². The number of hydrogen-bond acceptors (Lipinski definition) is 7. The number of aromatic nitrogens is 3. The Hall–Kier alpha value is -2.63. The molecule has 9 heteroatoms. The number of carbonyl (C=O) groups excluding carboxylic acids is 1. The fourth-order valence-electron chi connectivity index (χ4n) is 4.67. The Morgan fingerprint density at radius 3 is 2.70 bits per heavy atom. The molecule has 2 aromatic heterocycles. The Morgan fingerprint density at radius 2 is 2.00 bits per heavy atom. The van der Waals surface area contributed by atoms with E-state index in [-0.39, 0.29) is 5.97 Å². The number of esters is 1. The van der Waals surface area contributed by atoms with Crippen molar-refractivity contribution in [2.24, 2.45) is 0 Å². The van der Waals surface area contributed by atoms with Crippen molar-refractivity contribution in [3.8, 4) is 28.1 Å². The van der Waals surface area contributed by atoms with Crippen molar-refractivity contribution < 1.29 is 14.3 Å². The van der Waals surface area contributed by atoms with Crippen LogP contribution in [0.25, 0.3) is 33.5 Å². The minimum absolute atomic E-state index is 0.320. The Morgan fingerprint density at radius 1 is 1.19 bits per heavy atom. The molecule has 0 amide bonds. The molecule has 3 heterocycles. The van der Waals surface area contributed by atoms with Crippen molar-refractivity contribution in [3.63, 3.8) is 0 Å². The van der Waals surface area contributed by atoms with Gasteiger partial charge in [0.2, 0.25) is 0 Å². The smallest absolute Gasteiger partial charge is 0.338 e. The number of rotatable bonds is 5. The van der Waals surface area contributed by atoms with Crippen LogP contribution in [0.5, 0.6) is 5.75 Å². The molecule has 0 bridgehead atoms. The van der Waals surface area contributed by atoms with Crippen LogP contribution in [0, 0.1) is 6.92 Å². The van der Waals surface area contributed by atoms with E-state index in [1.54, 1.807) is 16.2 Å². The van der Waals surface area contributed by atoms with Gasteiger partial charge in [0.25, 0.3) is 0 Å². The van der Waals surface area contributed by atoms with Gasteiger partial charge in [0.15, 0.2) is 5.65 Å². The van der Waals surface area contributed by atoms with Crippen molar-refractivity contribution in [1.82, 2.24) is 19.3 Å². The fourth-order valence-corrected chi connectivity index (χ4v) is 5.92. The zero-order valence-electron chi connectivity index (χ0n) is 21.5. The predicted molar refractivity (Wildman–Crippen MR) is 157 cm³/mol. The predicted octanol–water partition coefficient (Wildman–Crippen LogP) is 6.53. The maximum absolute atomic E-state index is 12.7. The minimum atomic E-state index is -0.547. The Bertz CT molecular complexity index is 1490. The van der Waals surface area contributed by atoms with Gasteiger partial charge in [-0.1, -0.05) is 12.1 Å². The summed E-state index contributed by atoms with van der Waals surface area (Å²) in [5, 5.41) is 3.44. The van der Waals surface area contributed by atoms with Crippen LogP contribution in [-0.2, 0) is 17.7 Å². The fraction of sp³-hybridized carbons (Fsp3) is 0.321. The highest BCUT2D eigenvalue weighted by Gasteiger charge is 2.22. The Kier molecular flexibility index (Phi) is 7.21. The minimum Gasteiger partial charge on any atom is -0.496 e. The van der Waals surface area contributed by atoms with E-state index in [2.05, 4.69) is 38.7 Å². The number of carbonyl (C=O) groups is 1. The Labute approximate surface area is 233 Å². The maximum Gasteiger partial charge on any atom is 0.338 e. The first-order chi connectivity index (χ1) is 17.7. The second-order valence-corrected chi connectivity index (χ2v) is 11.9. The topological polar surface area (TPSA) is 78.3 Å². The lowest BCUT2D eigenvalue weighted by Crippen LogP contribution is -2.24. The lowest BCUT2D eigenvalue weighted by Gasteiger charge is -2.21. The maximum atomic E-state index is 12.7. The highest BCUT2D eigenvalue weighted by atomic mass is 127. The van der Waals surface area contributed by atoms with Gasteiger partial charge in [-0.2, -0.15) is 0 Å². The number of ether oxygens (including phenoxy) is 2. The van der Waals surface area contributed by atoms with Crippen molar-refractivity contribution in [2.75, 3.05) is 13.7 Å². The van der Waals surface area contributed by atoms with Gasteiger partial charge < -0.3 is 14.8 Å². The largest absolute Gasteiger partial charge is 0.496 e. The number of hydrogen-bond donors (Lipinski definition) is 1. The molecular formula is C28H29IN4O3S. The lowest BCUT2D eigenvalue weighted by atomic mass is 9.96.